The Bertz CT molecular complexity index is 874. The third-order valence-electron chi connectivity index (χ3n) is 6.32. The number of amides is 1. The molecule has 0 aliphatic carbocycles. The summed E-state index contributed by atoms with van der Waals surface area (Å²) >= 11 is 1.55. The van der Waals surface area contributed by atoms with E-state index in [1.165, 1.54) is 19.3 Å². The van der Waals surface area contributed by atoms with E-state index in [2.05, 4.69) is 37.5 Å². The molecule has 0 aromatic carbocycles. The van der Waals surface area contributed by atoms with Crippen molar-refractivity contribution in [2.24, 2.45) is 17.8 Å². The third-order valence-corrected chi connectivity index (χ3v) is 7.49. The number of aromatic nitrogens is 2. The lowest BCUT2D eigenvalue weighted by molar-refractivity contribution is 0.0627. The van der Waals surface area contributed by atoms with Crippen LogP contribution in [0.15, 0.2) is 0 Å². The molecule has 2 aromatic heterocycles. The number of piperidine rings is 2. The first kappa shape index (κ1) is 19.6. The third kappa shape index (κ3) is 3.63. The second-order valence-corrected chi connectivity index (χ2v) is 10.2. The zero-order valence-corrected chi connectivity index (χ0v) is 18.6. The molecule has 0 bridgehead atoms. The Morgan fingerprint density at radius 3 is 2.29 bits per heavy atom. The Morgan fingerprint density at radius 1 is 1.00 bits per heavy atom. The summed E-state index contributed by atoms with van der Waals surface area (Å²) in [5.74, 6) is 3.91. The van der Waals surface area contributed by atoms with Crippen molar-refractivity contribution < 1.29 is 4.79 Å². The van der Waals surface area contributed by atoms with Crippen LogP contribution >= 0.6 is 11.3 Å². The maximum absolute atomic E-state index is 13.4. The van der Waals surface area contributed by atoms with Crippen molar-refractivity contribution in [2.45, 2.75) is 53.9 Å². The summed E-state index contributed by atoms with van der Waals surface area (Å²) in [7, 11) is 0. The second kappa shape index (κ2) is 7.62. The minimum absolute atomic E-state index is 0.176. The van der Waals surface area contributed by atoms with Gasteiger partial charge in [-0.3, -0.25) is 4.79 Å². The molecule has 0 N–H and O–H groups in total. The van der Waals surface area contributed by atoms with Crippen LogP contribution in [0.3, 0.4) is 0 Å². The van der Waals surface area contributed by atoms with Crippen LogP contribution in [-0.2, 0) is 0 Å². The topological polar surface area (TPSA) is 49.3 Å². The summed E-state index contributed by atoms with van der Waals surface area (Å²) in [5.41, 5.74) is 1.06. The summed E-state index contributed by atoms with van der Waals surface area (Å²) in [6.45, 7) is 14.6. The van der Waals surface area contributed by atoms with Crippen LogP contribution in [-0.4, -0.2) is 47.0 Å². The first-order valence-corrected chi connectivity index (χ1v) is 11.5. The lowest BCUT2D eigenvalue weighted by Gasteiger charge is -2.35. The van der Waals surface area contributed by atoms with Gasteiger partial charge in [-0.05, 0) is 56.4 Å². The summed E-state index contributed by atoms with van der Waals surface area (Å²) in [6.07, 6.45) is 3.60. The average Bonchev–Trinajstić information content (AvgIpc) is 2.96. The van der Waals surface area contributed by atoms with Crippen molar-refractivity contribution in [2.75, 3.05) is 31.1 Å². The molecule has 5 nitrogen and oxygen atoms in total. The monoisotopic (exact) mass is 400 g/mol. The summed E-state index contributed by atoms with van der Waals surface area (Å²) in [6, 6.07) is 0. The molecule has 6 heteroatoms. The summed E-state index contributed by atoms with van der Waals surface area (Å²) in [4.78, 5) is 29.1. The molecule has 1 amide bonds. The first-order chi connectivity index (χ1) is 13.3. The van der Waals surface area contributed by atoms with Crippen LogP contribution in [0.5, 0.6) is 0 Å². The lowest BCUT2D eigenvalue weighted by Crippen LogP contribution is -2.42. The minimum Gasteiger partial charge on any atom is -0.356 e. The van der Waals surface area contributed by atoms with Gasteiger partial charge in [0, 0.05) is 26.2 Å². The molecule has 4 heterocycles. The summed E-state index contributed by atoms with van der Waals surface area (Å²) in [5, 5.41) is 1.09. The highest BCUT2D eigenvalue weighted by Crippen LogP contribution is 2.38. The SMILES string of the molecule is Cc1nc(N2CCC(C)CC2)c2c(C)c(C(=O)N3CC(C)CC(C)C3)sc2n1. The highest BCUT2D eigenvalue weighted by Gasteiger charge is 2.30. The van der Waals surface area contributed by atoms with Crippen molar-refractivity contribution in [3.63, 3.8) is 0 Å². The van der Waals surface area contributed by atoms with E-state index in [9.17, 15) is 4.79 Å². The van der Waals surface area contributed by atoms with Crippen LogP contribution in [0.2, 0.25) is 0 Å². The highest BCUT2D eigenvalue weighted by atomic mass is 32.1. The standard InChI is InChI=1S/C22H32N4OS/c1-13-6-8-25(9-7-13)20-18-16(4)19(28-21(18)24-17(5)23-20)22(27)26-11-14(2)10-15(3)12-26/h13-15H,6-12H2,1-5H3. The zero-order valence-electron chi connectivity index (χ0n) is 17.8. The van der Waals surface area contributed by atoms with Gasteiger partial charge >= 0.3 is 0 Å². The molecule has 152 valence electrons. The zero-order chi connectivity index (χ0) is 20.0. The highest BCUT2D eigenvalue weighted by molar-refractivity contribution is 7.20. The van der Waals surface area contributed by atoms with Gasteiger partial charge in [-0.15, -0.1) is 11.3 Å². The molecule has 28 heavy (non-hydrogen) atoms. The molecule has 0 spiro atoms. The van der Waals surface area contributed by atoms with E-state index in [0.717, 1.165) is 64.4 Å². The molecule has 0 radical (unpaired) electrons. The smallest absolute Gasteiger partial charge is 0.264 e. The van der Waals surface area contributed by atoms with E-state index >= 15 is 0 Å². The first-order valence-electron chi connectivity index (χ1n) is 10.7. The van der Waals surface area contributed by atoms with Crippen LogP contribution in [0, 0.1) is 31.6 Å². The number of hydrogen-bond acceptors (Lipinski definition) is 5. The number of rotatable bonds is 2. The van der Waals surface area contributed by atoms with Gasteiger partial charge < -0.3 is 9.80 Å². The van der Waals surface area contributed by atoms with Gasteiger partial charge in [-0.25, -0.2) is 9.97 Å². The number of likely N-dealkylation sites (tertiary alicyclic amines) is 1. The number of fused-ring (bicyclic) bond motifs is 1. The fourth-order valence-electron chi connectivity index (χ4n) is 4.85. The fourth-order valence-corrected chi connectivity index (χ4v) is 6.04. The van der Waals surface area contributed by atoms with Crippen molar-refractivity contribution >= 4 is 33.3 Å². The predicted molar refractivity (Wildman–Crippen MR) is 116 cm³/mol. The number of carbonyl (C=O) groups excluding carboxylic acids is 1. The molecular weight excluding hydrogens is 368 g/mol. The van der Waals surface area contributed by atoms with E-state index < -0.39 is 0 Å². The van der Waals surface area contributed by atoms with Crippen molar-refractivity contribution in [3.05, 3.63) is 16.3 Å². The predicted octanol–water partition coefficient (Wildman–Crippen LogP) is 4.66. The Hall–Kier alpha value is -1.69. The van der Waals surface area contributed by atoms with Gasteiger partial charge in [0.15, 0.2) is 0 Å². The fraction of sp³-hybridized carbons (Fsp3) is 0.682. The largest absolute Gasteiger partial charge is 0.356 e. The van der Waals surface area contributed by atoms with Gasteiger partial charge in [-0.2, -0.15) is 0 Å². The molecule has 2 aromatic rings. The molecule has 2 saturated heterocycles. The van der Waals surface area contributed by atoms with Crippen molar-refractivity contribution in [1.29, 1.82) is 0 Å². The maximum atomic E-state index is 13.4. The van der Waals surface area contributed by atoms with Crippen molar-refractivity contribution in [1.82, 2.24) is 14.9 Å². The number of hydrogen-bond donors (Lipinski definition) is 0. The lowest BCUT2D eigenvalue weighted by atomic mass is 9.92. The van der Waals surface area contributed by atoms with E-state index in [4.69, 9.17) is 9.97 Å². The molecule has 2 atom stereocenters. The van der Waals surface area contributed by atoms with Gasteiger partial charge in [0.2, 0.25) is 0 Å². The van der Waals surface area contributed by atoms with E-state index in [-0.39, 0.29) is 5.91 Å². The average molecular weight is 401 g/mol. The van der Waals surface area contributed by atoms with Crippen LogP contribution in [0.4, 0.5) is 5.82 Å². The van der Waals surface area contributed by atoms with Crippen LogP contribution < -0.4 is 4.90 Å². The van der Waals surface area contributed by atoms with E-state index in [0.29, 0.717) is 11.8 Å². The Morgan fingerprint density at radius 2 is 1.64 bits per heavy atom. The summed E-state index contributed by atoms with van der Waals surface area (Å²) < 4.78 is 0. The Kier molecular flexibility index (Phi) is 5.34. The maximum Gasteiger partial charge on any atom is 0.264 e. The Balaban J connectivity index is 1.72. The second-order valence-electron chi connectivity index (χ2n) is 9.16. The number of nitrogens with zero attached hydrogens (tertiary/aromatic N) is 4. The molecular formula is C22H32N4OS. The molecule has 0 saturated carbocycles. The number of anilines is 1. The van der Waals surface area contributed by atoms with Crippen molar-refractivity contribution in [3.8, 4) is 0 Å². The minimum atomic E-state index is 0.176. The van der Waals surface area contributed by atoms with E-state index in [1.807, 2.05) is 6.92 Å². The van der Waals surface area contributed by atoms with Crippen LogP contribution in [0.1, 0.15) is 61.1 Å². The molecule has 2 fully saturated rings. The Labute approximate surface area is 172 Å². The molecule has 4 rings (SSSR count). The van der Waals surface area contributed by atoms with Gasteiger partial charge in [0.05, 0.1) is 10.3 Å². The van der Waals surface area contributed by atoms with E-state index in [1.54, 1.807) is 11.3 Å². The molecule has 2 unspecified atom stereocenters. The number of carbonyl (C=O) groups is 1. The van der Waals surface area contributed by atoms with Gasteiger partial charge in [0.1, 0.15) is 16.5 Å². The van der Waals surface area contributed by atoms with Gasteiger partial charge in [0.25, 0.3) is 5.91 Å². The molecule has 2 aliphatic heterocycles. The van der Waals surface area contributed by atoms with Gasteiger partial charge in [-0.1, -0.05) is 20.8 Å². The molecule has 2 aliphatic rings. The number of aryl methyl sites for hydroxylation is 2. The normalized spacial score (nSPS) is 24.2. The number of thiophene rings is 1. The quantitative estimate of drug-likeness (QED) is 0.735. The van der Waals surface area contributed by atoms with Crippen LogP contribution in [0.25, 0.3) is 10.2 Å².